The molecule has 0 N–H and O–H groups in total. The second-order valence-corrected chi connectivity index (χ2v) is 8.64. The van der Waals surface area contributed by atoms with Crippen molar-refractivity contribution in [1.29, 1.82) is 0 Å². The highest BCUT2D eigenvalue weighted by molar-refractivity contribution is 6.24. The Morgan fingerprint density at radius 3 is 2.11 bits per heavy atom. The monoisotopic (exact) mass is 458 g/mol. The van der Waals surface area contributed by atoms with Crippen LogP contribution in [0.4, 0.5) is 5.69 Å². The average molecular weight is 459 g/mol. The van der Waals surface area contributed by atoms with Crippen molar-refractivity contribution in [3.05, 3.63) is 120 Å². The van der Waals surface area contributed by atoms with Crippen molar-refractivity contribution in [3.63, 3.8) is 0 Å². The van der Waals surface area contributed by atoms with Gasteiger partial charge in [0.2, 0.25) is 0 Å². The molecule has 0 saturated carbocycles. The molecule has 0 saturated heterocycles. The molecule has 0 unspecified atom stereocenters. The van der Waals surface area contributed by atoms with E-state index in [1.165, 1.54) is 27.7 Å². The van der Waals surface area contributed by atoms with E-state index in [2.05, 4.69) is 96.4 Å². The molecule has 0 aliphatic rings. The summed E-state index contributed by atoms with van der Waals surface area (Å²) in [6.07, 6.45) is 2.26. The molecule has 1 aromatic heterocycles. The van der Waals surface area contributed by atoms with E-state index < -0.39 is 0 Å². The van der Waals surface area contributed by atoms with Crippen LogP contribution in [0, 0.1) is 0 Å². The first-order chi connectivity index (χ1) is 17.3. The number of fused-ring (bicyclic) bond motifs is 1. The lowest BCUT2D eigenvalue weighted by Gasteiger charge is -2.14. The van der Waals surface area contributed by atoms with Crippen LogP contribution in [0.3, 0.4) is 0 Å². The summed E-state index contributed by atoms with van der Waals surface area (Å²) in [6, 6.07) is 37.9. The van der Waals surface area contributed by atoms with Gasteiger partial charge in [-0.2, -0.15) is 0 Å². The first kappa shape index (κ1) is 22.7. The van der Waals surface area contributed by atoms with E-state index in [1.807, 2.05) is 24.3 Å². The maximum absolute atomic E-state index is 5.37. The van der Waals surface area contributed by atoms with Crippen LogP contribution in [-0.2, 0) is 6.54 Å². The number of ether oxygens (including phenoxy) is 1. The average Bonchev–Trinajstić information content (AvgIpc) is 3.25. The van der Waals surface area contributed by atoms with E-state index in [-0.39, 0.29) is 0 Å². The molecule has 0 atom stereocenters. The molecular formula is C32H30N2O. The third-order valence-corrected chi connectivity index (χ3v) is 6.35. The molecule has 0 radical (unpaired) electrons. The van der Waals surface area contributed by atoms with Gasteiger partial charge in [0.05, 0.1) is 24.2 Å². The number of unbranched alkanes of at least 4 members (excludes halogenated alkanes) is 1. The predicted molar refractivity (Wildman–Crippen MR) is 147 cm³/mol. The SMILES string of the molecule is CCCCn1c(-c2ccccc2)c(C(=Nc2ccc(OC)cc2)c2ccccc2)c2ccccc21. The molecule has 0 bridgehead atoms. The van der Waals surface area contributed by atoms with Gasteiger partial charge in [-0.3, -0.25) is 0 Å². The Hall–Kier alpha value is -4.11. The molecule has 3 nitrogen and oxygen atoms in total. The zero-order valence-electron chi connectivity index (χ0n) is 20.3. The van der Waals surface area contributed by atoms with Gasteiger partial charge in [-0.05, 0) is 42.3 Å². The minimum atomic E-state index is 0.825. The maximum Gasteiger partial charge on any atom is 0.119 e. The van der Waals surface area contributed by atoms with Crippen LogP contribution in [0.15, 0.2) is 114 Å². The molecule has 0 spiro atoms. The highest BCUT2D eigenvalue weighted by atomic mass is 16.5. The number of hydrogen-bond donors (Lipinski definition) is 0. The molecule has 174 valence electrons. The summed E-state index contributed by atoms with van der Waals surface area (Å²) in [5.74, 6) is 0.825. The maximum atomic E-state index is 5.37. The van der Waals surface area contributed by atoms with E-state index in [0.717, 1.165) is 42.1 Å². The number of para-hydroxylation sites is 1. The van der Waals surface area contributed by atoms with Crippen LogP contribution in [0.25, 0.3) is 22.2 Å². The Labute approximate surface area is 207 Å². The lowest BCUT2D eigenvalue weighted by atomic mass is 9.96. The fourth-order valence-electron chi connectivity index (χ4n) is 4.63. The fraction of sp³-hybridized carbons (Fsp3) is 0.156. The Morgan fingerprint density at radius 1 is 0.771 bits per heavy atom. The molecule has 0 aliphatic carbocycles. The topological polar surface area (TPSA) is 26.5 Å². The molecule has 1 heterocycles. The molecule has 0 fully saturated rings. The van der Waals surface area contributed by atoms with Gasteiger partial charge in [0, 0.05) is 28.6 Å². The summed E-state index contributed by atoms with van der Waals surface area (Å²) in [5, 5.41) is 1.22. The second kappa shape index (κ2) is 10.4. The summed E-state index contributed by atoms with van der Waals surface area (Å²) in [7, 11) is 1.69. The summed E-state index contributed by atoms with van der Waals surface area (Å²) in [4.78, 5) is 5.25. The zero-order valence-corrected chi connectivity index (χ0v) is 20.3. The van der Waals surface area contributed by atoms with Crippen molar-refractivity contribution in [2.24, 2.45) is 4.99 Å². The molecule has 5 rings (SSSR count). The predicted octanol–water partition coefficient (Wildman–Crippen LogP) is 8.29. The van der Waals surface area contributed by atoms with Crippen LogP contribution in [0.5, 0.6) is 5.75 Å². The first-order valence-electron chi connectivity index (χ1n) is 12.3. The Kier molecular flexibility index (Phi) is 6.76. The van der Waals surface area contributed by atoms with Gasteiger partial charge in [0.1, 0.15) is 5.75 Å². The van der Waals surface area contributed by atoms with Crippen molar-refractivity contribution in [1.82, 2.24) is 4.57 Å². The van der Waals surface area contributed by atoms with Gasteiger partial charge < -0.3 is 9.30 Å². The minimum Gasteiger partial charge on any atom is -0.497 e. The number of aromatic nitrogens is 1. The fourth-order valence-corrected chi connectivity index (χ4v) is 4.63. The Morgan fingerprint density at radius 2 is 1.43 bits per heavy atom. The second-order valence-electron chi connectivity index (χ2n) is 8.64. The van der Waals surface area contributed by atoms with E-state index >= 15 is 0 Å². The molecule has 0 amide bonds. The van der Waals surface area contributed by atoms with Crippen molar-refractivity contribution in [2.45, 2.75) is 26.3 Å². The highest BCUT2D eigenvalue weighted by Gasteiger charge is 2.23. The van der Waals surface area contributed by atoms with Gasteiger partial charge in [0.25, 0.3) is 0 Å². The molecule has 0 aliphatic heterocycles. The third kappa shape index (κ3) is 4.63. The van der Waals surface area contributed by atoms with E-state index in [9.17, 15) is 0 Å². The largest absolute Gasteiger partial charge is 0.497 e. The third-order valence-electron chi connectivity index (χ3n) is 6.35. The summed E-state index contributed by atoms with van der Waals surface area (Å²) in [6.45, 7) is 3.21. The Bertz CT molecular complexity index is 1430. The lowest BCUT2D eigenvalue weighted by molar-refractivity contribution is 0.415. The molecule has 35 heavy (non-hydrogen) atoms. The lowest BCUT2D eigenvalue weighted by Crippen LogP contribution is -2.07. The van der Waals surface area contributed by atoms with Crippen LogP contribution in [-0.4, -0.2) is 17.4 Å². The standard InChI is InChI=1S/C32H30N2O/c1-3-4-23-34-29-18-12-11-17-28(29)30(32(34)25-15-9-6-10-16-25)31(24-13-7-5-8-14-24)33-26-19-21-27(35-2)22-20-26/h5-22H,3-4,23H2,1-2H3. The van der Waals surface area contributed by atoms with E-state index in [0.29, 0.717) is 0 Å². The van der Waals surface area contributed by atoms with E-state index in [4.69, 9.17) is 9.73 Å². The van der Waals surface area contributed by atoms with Crippen LogP contribution < -0.4 is 4.74 Å². The highest BCUT2D eigenvalue weighted by Crippen LogP contribution is 2.37. The summed E-state index contributed by atoms with van der Waals surface area (Å²) < 4.78 is 7.85. The molecule has 5 aromatic rings. The summed E-state index contributed by atoms with van der Waals surface area (Å²) in [5.41, 5.74) is 7.80. The normalized spacial score (nSPS) is 11.7. The molecule has 4 aromatic carbocycles. The quantitative estimate of drug-likeness (QED) is 0.215. The van der Waals surface area contributed by atoms with Crippen molar-refractivity contribution in [3.8, 4) is 17.0 Å². The van der Waals surface area contributed by atoms with Crippen molar-refractivity contribution >= 4 is 22.3 Å². The molecule has 3 heteroatoms. The van der Waals surface area contributed by atoms with Crippen molar-refractivity contribution < 1.29 is 4.74 Å². The minimum absolute atomic E-state index is 0.825. The first-order valence-corrected chi connectivity index (χ1v) is 12.3. The van der Waals surface area contributed by atoms with Gasteiger partial charge >= 0.3 is 0 Å². The van der Waals surface area contributed by atoms with E-state index in [1.54, 1.807) is 7.11 Å². The smallest absolute Gasteiger partial charge is 0.119 e. The van der Waals surface area contributed by atoms with Crippen LogP contribution in [0.1, 0.15) is 30.9 Å². The van der Waals surface area contributed by atoms with Crippen LogP contribution >= 0.6 is 0 Å². The van der Waals surface area contributed by atoms with Gasteiger partial charge in [-0.15, -0.1) is 0 Å². The van der Waals surface area contributed by atoms with Gasteiger partial charge in [0.15, 0.2) is 0 Å². The number of nitrogens with zero attached hydrogens (tertiary/aromatic N) is 2. The number of methoxy groups -OCH3 is 1. The van der Waals surface area contributed by atoms with Gasteiger partial charge in [-0.1, -0.05) is 92.2 Å². The zero-order chi connectivity index (χ0) is 24.0. The van der Waals surface area contributed by atoms with Gasteiger partial charge in [-0.25, -0.2) is 4.99 Å². The van der Waals surface area contributed by atoms with Crippen molar-refractivity contribution in [2.75, 3.05) is 7.11 Å². The Balaban J connectivity index is 1.84. The molecular weight excluding hydrogens is 428 g/mol. The number of aliphatic imine (C=N–C) groups is 1. The summed E-state index contributed by atoms with van der Waals surface area (Å²) >= 11 is 0. The van der Waals surface area contributed by atoms with Crippen LogP contribution in [0.2, 0.25) is 0 Å². The number of rotatable bonds is 8. The number of hydrogen-bond acceptors (Lipinski definition) is 2. The number of benzene rings is 4. The number of aryl methyl sites for hydroxylation is 1.